The number of aliphatic carboxylic acids is 1. The van der Waals surface area contributed by atoms with E-state index >= 15 is 0 Å². The SMILES string of the molecule is O=C(O)CCC(=O)N1CCN(CCS(=O)(=O)O)CC1. The largest absolute Gasteiger partial charge is 0.481 e. The molecule has 0 spiro atoms. The van der Waals surface area contributed by atoms with Gasteiger partial charge < -0.3 is 10.0 Å². The van der Waals surface area contributed by atoms with Crippen molar-refractivity contribution in [3.8, 4) is 0 Å². The van der Waals surface area contributed by atoms with E-state index in [1.54, 1.807) is 4.90 Å². The van der Waals surface area contributed by atoms with Gasteiger partial charge >= 0.3 is 5.97 Å². The van der Waals surface area contributed by atoms with Gasteiger partial charge in [0.1, 0.15) is 0 Å². The fraction of sp³-hybridized carbons (Fsp3) is 0.800. The standard InChI is InChI=1S/C10H18N2O6S/c13-9(1-2-10(14)15)12-5-3-11(4-6-12)7-8-19(16,17)18/h1-8H2,(H,14,15)(H,16,17,18). The molecule has 110 valence electrons. The van der Waals surface area contributed by atoms with E-state index in [2.05, 4.69) is 0 Å². The molecule has 1 amide bonds. The Hall–Kier alpha value is -1.19. The van der Waals surface area contributed by atoms with Crippen LogP contribution in [0.1, 0.15) is 12.8 Å². The normalized spacial score (nSPS) is 17.4. The highest BCUT2D eigenvalue weighted by atomic mass is 32.2. The first kappa shape index (κ1) is 15.9. The molecule has 19 heavy (non-hydrogen) atoms. The number of carbonyl (C=O) groups excluding carboxylic acids is 1. The summed E-state index contributed by atoms with van der Waals surface area (Å²) in [6, 6.07) is 0. The van der Waals surface area contributed by atoms with E-state index in [0.29, 0.717) is 26.2 Å². The van der Waals surface area contributed by atoms with Crippen molar-refractivity contribution >= 4 is 22.0 Å². The lowest BCUT2D eigenvalue weighted by atomic mass is 10.2. The van der Waals surface area contributed by atoms with Gasteiger partial charge in [0.25, 0.3) is 10.1 Å². The third kappa shape index (κ3) is 6.50. The Morgan fingerprint density at radius 2 is 1.63 bits per heavy atom. The second-order valence-electron chi connectivity index (χ2n) is 4.40. The Morgan fingerprint density at radius 3 is 2.11 bits per heavy atom. The van der Waals surface area contributed by atoms with Crippen LogP contribution in [0.3, 0.4) is 0 Å². The van der Waals surface area contributed by atoms with Crippen LogP contribution in [0.15, 0.2) is 0 Å². The van der Waals surface area contributed by atoms with Crippen molar-refractivity contribution < 1.29 is 27.7 Å². The highest BCUT2D eigenvalue weighted by Gasteiger charge is 2.22. The first-order chi connectivity index (χ1) is 8.78. The minimum absolute atomic E-state index is 0.0135. The molecule has 0 aromatic heterocycles. The topological polar surface area (TPSA) is 115 Å². The Labute approximate surface area is 111 Å². The van der Waals surface area contributed by atoms with Crippen LogP contribution < -0.4 is 0 Å². The second kappa shape index (κ2) is 6.83. The van der Waals surface area contributed by atoms with Crippen LogP contribution in [-0.4, -0.2) is 78.2 Å². The highest BCUT2D eigenvalue weighted by Crippen LogP contribution is 2.05. The van der Waals surface area contributed by atoms with Crippen LogP contribution >= 0.6 is 0 Å². The molecule has 1 saturated heterocycles. The summed E-state index contributed by atoms with van der Waals surface area (Å²) < 4.78 is 29.8. The third-order valence-electron chi connectivity index (χ3n) is 2.94. The molecule has 0 aromatic rings. The number of nitrogens with zero attached hydrogens (tertiary/aromatic N) is 2. The van der Waals surface area contributed by atoms with Gasteiger partial charge in [0, 0.05) is 39.1 Å². The third-order valence-corrected chi connectivity index (χ3v) is 3.64. The maximum atomic E-state index is 11.6. The molecule has 1 rings (SSSR count). The molecule has 2 N–H and O–H groups in total. The van der Waals surface area contributed by atoms with Crippen LogP contribution in [-0.2, 0) is 19.7 Å². The summed E-state index contributed by atoms with van der Waals surface area (Å²) in [5.74, 6) is -1.52. The number of rotatable bonds is 6. The smallest absolute Gasteiger partial charge is 0.303 e. The number of carboxylic acid groups (broad SMARTS) is 1. The van der Waals surface area contributed by atoms with Crippen LogP contribution in [0.2, 0.25) is 0 Å². The van der Waals surface area contributed by atoms with Crippen molar-refractivity contribution in [1.82, 2.24) is 9.80 Å². The quantitative estimate of drug-likeness (QED) is 0.596. The van der Waals surface area contributed by atoms with Crippen LogP contribution in [0.5, 0.6) is 0 Å². The van der Waals surface area contributed by atoms with Crippen molar-refractivity contribution in [1.29, 1.82) is 0 Å². The zero-order chi connectivity index (χ0) is 14.5. The Balaban J connectivity index is 2.28. The minimum atomic E-state index is -3.96. The number of piperazine rings is 1. The summed E-state index contributed by atoms with van der Waals surface area (Å²) in [6.45, 7) is 2.17. The van der Waals surface area contributed by atoms with Gasteiger partial charge in [-0.1, -0.05) is 0 Å². The van der Waals surface area contributed by atoms with E-state index in [0.717, 1.165) is 0 Å². The molecule has 1 heterocycles. The Morgan fingerprint density at radius 1 is 1.05 bits per heavy atom. The van der Waals surface area contributed by atoms with Crippen molar-refractivity contribution in [2.75, 3.05) is 38.5 Å². The predicted octanol–water partition coefficient (Wildman–Crippen LogP) is -1.12. The second-order valence-corrected chi connectivity index (χ2v) is 5.97. The summed E-state index contributed by atoms with van der Waals surface area (Å²) in [6.07, 6.45) is -0.192. The molecule has 0 bridgehead atoms. The number of carbonyl (C=O) groups is 2. The van der Waals surface area contributed by atoms with Gasteiger partial charge in [-0.3, -0.25) is 19.0 Å². The molecule has 0 radical (unpaired) electrons. The molecule has 0 atom stereocenters. The van der Waals surface area contributed by atoms with E-state index < -0.39 is 16.1 Å². The number of hydrogen-bond acceptors (Lipinski definition) is 5. The van der Waals surface area contributed by atoms with Crippen molar-refractivity contribution in [2.45, 2.75) is 12.8 Å². The Kier molecular flexibility index (Phi) is 5.70. The van der Waals surface area contributed by atoms with Crippen LogP contribution in [0.25, 0.3) is 0 Å². The summed E-state index contributed by atoms with van der Waals surface area (Å²) in [4.78, 5) is 25.4. The van der Waals surface area contributed by atoms with E-state index in [9.17, 15) is 18.0 Å². The molecule has 0 aliphatic carbocycles. The van der Waals surface area contributed by atoms with Gasteiger partial charge in [0.15, 0.2) is 0 Å². The first-order valence-corrected chi connectivity index (χ1v) is 7.56. The highest BCUT2D eigenvalue weighted by molar-refractivity contribution is 7.85. The monoisotopic (exact) mass is 294 g/mol. The van der Waals surface area contributed by atoms with Crippen molar-refractivity contribution in [2.24, 2.45) is 0 Å². The molecule has 1 fully saturated rings. The molecule has 8 nitrogen and oxygen atoms in total. The van der Waals surface area contributed by atoms with E-state index in [4.69, 9.17) is 9.66 Å². The molecular weight excluding hydrogens is 276 g/mol. The lowest BCUT2D eigenvalue weighted by Gasteiger charge is -2.34. The maximum Gasteiger partial charge on any atom is 0.303 e. The van der Waals surface area contributed by atoms with Crippen LogP contribution in [0.4, 0.5) is 0 Å². The molecule has 0 saturated carbocycles. The average Bonchev–Trinajstić information content (AvgIpc) is 2.33. The zero-order valence-corrected chi connectivity index (χ0v) is 11.3. The van der Waals surface area contributed by atoms with Crippen molar-refractivity contribution in [3.63, 3.8) is 0 Å². The number of amides is 1. The summed E-state index contributed by atoms with van der Waals surface area (Å²) >= 11 is 0. The predicted molar refractivity (Wildman–Crippen MR) is 66.3 cm³/mol. The van der Waals surface area contributed by atoms with E-state index in [1.807, 2.05) is 4.90 Å². The summed E-state index contributed by atoms with van der Waals surface area (Å²) in [5.41, 5.74) is 0. The van der Waals surface area contributed by atoms with Gasteiger partial charge in [0.05, 0.1) is 12.2 Å². The van der Waals surface area contributed by atoms with Crippen molar-refractivity contribution in [3.05, 3.63) is 0 Å². The lowest BCUT2D eigenvalue weighted by molar-refractivity contribution is -0.141. The molecule has 0 unspecified atom stereocenters. The van der Waals surface area contributed by atoms with E-state index in [1.165, 1.54) is 0 Å². The van der Waals surface area contributed by atoms with Gasteiger partial charge in [-0.05, 0) is 0 Å². The van der Waals surface area contributed by atoms with Gasteiger partial charge in [-0.15, -0.1) is 0 Å². The fourth-order valence-corrected chi connectivity index (χ4v) is 2.33. The van der Waals surface area contributed by atoms with Gasteiger partial charge in [-0.2, -0.15) is 8.42 Å². The zero-order valence-electron chi connectivity index (χ0n) is 10.5. The molecule has 1 aliphatic rings. The molecular formula is C10H18N2O6S. The van der Waals surface area contributed by atoms with Gasteiger partial charge in [-0.25, -0.2) is 0 Å². The van der Waals surface area contributed by atoms with E-state index in [-0.39, 0.29) is 31.0 Å². The fourth-order valence-electron chi connectivity index (χ4n) is 1.84. The first-order valence-electron chi connectivity index (χ1n) is 5.95. The minimum Gasteiger partial charge on any atom is -0.481 e. The molecule has 1 aliphatic heterocycles. The maximum absolute atomic E-state index is 11.6. The molecule has 0 aromatic carbocycles. The average molecular weight is 294 g/mol. The molecule has 9 heteroatoms. The summed E-state index contributed by atoms with van der Waals surface area (Å²) in [7, 11) is -3.96. The van der Waals surface area contributed by atoms with Crippen LogP contribution in [0, 0.1) is 0 Å². The number of hydrogen-bond donors (Lipinski definition) is 2. The lowest BCUT2D eigenvalue weighted by Crippen LogP contribution is -2.49. The summed E-state index contributed by atoms with van der Waals surface area (Å²) in [5, 5.41) is 8.49. The Bertz CT molecular complexity index is 427. The van der Waals surface area contributed by atoms with Gasteiger partial charge in [0.2, 0.25) is 5.91 Å². The number of carboxylic acids is 1.